The third-order valence-electron chi connectivity index (χ3n) is 3.36. The summed E-state index contributed by atoms with van der Waals surface area (Å²) in [6.07, 6.45) is 0.838. The zero-order valence-corrected chi connectivity index (χ0v) is 14.9. The van der Waals surface area contributed by atoms with Crippen molar-refractivity contribution in [1.29, 1.82) is 0 Å². The van der Waals surface area contributed by atoms with Gasteiger partial charge in [0.2, 0.25) is 10.0 Å². The molecule has 21 heavy (non-hydrogen) atoms. The van der Waals surface area contributed by atoms with Gasteiger partial charge in [0.15, 0.2) is 0 Å². The number of benzene rings is 1. The molecule has 1 aromatic carbocycles. The lowest BCUT2D eigenvalue weighted by atomic mass is 10.1. The third kappa shape index (κ3) is 5.98. The number of sulfonamides is 1. The van der Waals surface area contributed by atoms with Crippen molar-refractivity contribution < 1.29 is 8.42 Å². The summed E-state index contributed by atoms with van der Waals surface area (Å²) in [6, 6.07) is 7.16. The molecule has 1 rings (SSSR count). The minimum Gasteiger partial charge on any atom is -0.313 e. The molecule has 0 aliphatic rings. The number of nitrogens with one attached hydrogen (secondary N) is 2. The molecule has 6 heteroatoms. The minimum atomic E-state index is -3.45. The molecule has 0 radical (unpaired) electrons. The Morgan fingerprint density at radius 3 is 2.62 bits per heavy atom. The molecule has 0 saturated carbocycles. The Morgan fingerprint density at radius 1 is 1.29 bits per heavy atom. The summed E-state index contributed by atoms with van der Waals surface area (Å²) >= 11 is 1.82. The molecule has 4 nitrogen and oxygen atoms in total. The van der Waals surface area contributed by atoms with E-state index in [1.54, 1.807) is 18.2 Å². The molecule has 120 valence electrons. The average Bonchev–Trinajstić information content (AvgIpc) is 2.46. The van der Waals surface area contributed by atoms with E-state index in [9.17, 15) is 8.42 Å². The van der Waals surface area contributed by atoms with Gasteiger partial charge in [-0.1, -0.05) is 19.1 Å². The Bertz CT molecular complexity index is 532. The topological polar surface area (TPSA) is 58.2 Å². The second-order valence-electron chi connectivity index (χ2n) is 5.09. The van der Waals surface area contributed by atoms with E-state index in [2.05, 4.69) is 17.0 Å². The summed E-state index contributed by atoms with van der Waals surface area (Å²) in [4.78, 5) is 0.331. The first kappa shape index (κ1) is 18.5. The Kier molecular flexibility index (Phi) is 7.73. The summed E-state index contributed by atoms with van der Waals surface area (Å²) in [7, 11) is -1.59. The van der Waals surface area contributed by atoms with Gasteiger partial charge in [0.05, 0.1) is 4.90 Å². The van der Waals surface area contributed by atoms with Crippen LogP contribution in [0, 0.1) is 0 Å². The molecule has 0 aliphatic carbocycles. The maximum absolute atomic E-state index is 12.4. The largest absolute Gasteiger partial charge is 0.313 e. The lowest BCUT2D eigenvalue weighted by molar-refractivity contribution is 0.556. The summed E-state index contributed by atoms with van der Waals surface area (Å²) in [5.41, 5.74) is 0.967. The number of rotatable bonds is 9. The van der Waals surface area contributed by atoms with Crippen LogP contribution in [0.1, 0.15) is 38.8 Å². The Morgan fingerprint density at radius 2 is 2.00 bits per heavy atom. The van der Waals surface area contributed by atoms with Gasteiger partial charge in [-0.25, -0.2) is 13.1 Å². The fourth-order valence-corrected chi connectivity index (χ4v) is 4.06. The fourth-order valence-electron chi connectivity index (χ4n) is 1.91. The van der Waals surface area contributed by atoms with E-state index in [0.717, 1.165) is 23.5 Å². The lowest BCUT2D eigenvalue weighted by Crippen LogP contribution is -2.33. The van der Waals surface area contributed by atoms with Crippen LogP contribution in [0.25, 0.3) is 0 Å². The highest BCUT2D eigenvalue weighted by Gasteiger charge is 2.18. The van der Waals surface area contributed by atoms with E-state index in [1.807, 2.05) is 38.7 Å². The van der Waals surface area contributed by atoms with Gasteiger partial charge in [0.25, 0.3) is 0 Å². The predicted molar refractivity (Wildman–Crippen MR) is 91.3 cm³/mol. The van der Waals surface area contributed by atoms with Crippen LogP contribution in [0.15, 0.2) is 29.2 Å². The van der Waals surface area contributed by atoms with Gasteiger partial charge in [-0.3, -0.25) is 0 Å². The molecule has 2 unspecified atom stereocenters. The second kappa shape index (κ2) is 8.78. The van der Waals surface area contributed by atoms with Gasteiger partial charge < -0.3 is 5.32 Å². The standard InChI is InChI=1S/C15H26N2O2S2/c1-5-20-10-9-12(2)17-21(18,19)15-8-6-7-14(11-15)13(3)16-4/h6-8,11-13,16-17H,5,9-10H2,1-4H3. The highest BCUT2D eigenvalue weighted by molar-refractivity contribution is 7.99. The van der Waals surface area contributed by atoms with Crippen molar-refractivity contribution in [2.45, 2.75) is 44.2 Å². The van der Waals surface area contributed by atoms with Crippen molar-refractivity contribution in [3.05, 3.63) is 29.8 Å². The van der Waals surface area contributed by atoms with Crippen LogP contribution in [0.5, 0.6) is 0 Å². The highest BCUT2D eigenvalue weighted by Crippen LogP contribution is 2.17. The maximum Gasteiger partial charge on any atom is 0.240 e. The monoisotopic (exact) mass is 330 g/mol. The van der Waals surface area contributed by atoms with Crippen LogP contribution < -0.4 is 10.0 Å². The van der Waals surface area contributed by atoms with E-state index in [4.69, 9.17) is 0 Å². The molecule has 0 spiro atoms. The van der Waals surface area contributed by atoms with E-state index < -0.39 is 10.0 Å². The normalized spacial score (nSPS) is 14.9. The molecule has 2 N–H and O–H groups in total. The SMILES string of the molecule is CCSCCC(C)NS(=O)(=O)c1cccc(C(C)NC)c1. The lowest BCUT2D eigenvalue weighted by Gasteiger charge is -2.16. The van der Waals surface area contributed by atoms with E-state index >= 15 is 0 Å². The van der Waals surface area contributed by atoms with Gasteiger partial charge in [0, 0.05) is 12.1 Å². The Hall–Kier alpha value is -0.560. The van der Waals surface area contributed by atoms with Crippen LogP contribution in [0.4, 0.5) is 0 Å². The molecule has 1 aromatic rings. The van der Waals surface area contributed by atoms with Crippen LogP contribution in [-0.4, -0.2) is 33.0 Å². The number of hydrogen-bond donors (Lipinski definition) is 2. The van der Waals surface area contributed by atoms with Gasteiger partial charge in [-0.05, 0) is 56.5 Å². The molecule has 0 amide bonds. The van der Waals surface area contributed by atoms with Crippen molar-refractivity contribution in [3.63, 3.8) is 0 Å². The molecule has 0 aromatic heterocycles. The van der Waals surface area contributed by atoms with Crippen molar-refractivity contribution in [2.75, 3.05) is 18.6 Å². The highest BCUT2D eigenvalue weighted by atomic mass is 32.2. The molecule has 0 bridgehead atoms. The second-order valence-corrected chi connectivity index (χ2v) is 8.20. The fraction of sp³-hybridized carbons (Fsp3) is 0.600. The first-order valence-electron chi connectivity index (χ1n) is 7.28. The predicted octanol–water partition coefficient (Wildman–Crippen LogP) is 2.78. The van der Waals surface area contributed by atoms with Crippen molar-refractivity contribution >= 4 is 21.8 Å². The third-order valence-corrected chi connectivity index (χ3v) is 5.88. The zero-order chi connectivity index (χ0) is 15.9. The van der Waals surface area contributed by atoms with Crippen molar-refractivity contribution in [3.8, 4) is 0 Å². The summed E-state index contributed by atoms with van der Waals surface area (Å²) in [5, 5.41) is 3.12. The van der Waals surface area contributed by atoms with Crippen LogP contribution >= 0.6 is 11.8 Å². The van der Waals surface area contributed by atoms with E-state index in [-0.39, 0.29) is 12.1 Å². The molecular formula is C15H26N2O2S2. The van der Waals surface area contributed by atoms with Gasteiger partial charge in [-0.2, -0.15) is 11.8 Å². The summed E-state index contributed by atoms with van der Waals surface area (Å²) < 4.78 is 27.6. The van der Waals surface area contributed by atoms with Gasteiger partial charge in [-0.15, -0.1) is 0 Å². The number of thioether (sulfide) groups is 1. The molecule has 0 fully saturated rings. The Balaban J connectivity index is 2.78. The molecular weight excluding hydrogens is 304 g/mol. The van der Waals surface area contributed by atoms with E-state index in [0.29, 0.717) is 4.90 Å². The zero-order valence-electron chi connectivity index (χ0n) is 13.2. The van der Waals surface area contributed by atoms with E-state index in [1.165, 1.54) is 0 Å². The maximum atomic E-state index is 12.4. The van der Waals surface area contributed by atoms with Crippen LogP contribution in [-0.2, 0) is 10.0 Å². The van der Waals surface area contributed by atoms with Gasteiger partial charge in [0.1, 0.15) is 0 Å². The molecule has 0 heterocycles. The average molecular weight is 331 g/mol. The molecule has 2 atom stereocenters. The summed E-state index contributed by atoms with van der Waals surface area (Å²) in [6.45, 7) is 6.02. The number of hydrogen-bond acceptors (Lipinski definition) is 4. The smallest absolute Gasteiger partial charge is 0.240 e. The summed E-state index contributed by atoms with van der Waals surface area (Å²) in [5.74, 6) is 2.03. The van der Waals surface area contributed by atoms with Gasteiger partial charge >= 0.3 is 0 Å². The first-order valence-corrected chi connectivity index (χ1v) is 9.91. The molecule has 0 saturated heterocycles. The van der Waals surface area contributed by atoms with Crippen LogP contribution in [0.3, 0.4) is 0 Å². The first-order chi connectivity index (χ1) is 9.90. The molecule has 0 aliphatic heterocycles. The minimum absolute atomic E-state index is 0.0561. The Labute approximate surface area is 133 Å². The quantitative estimate of drug-likeness (QED) is 0.684. The van der Waals surface area contributed by atoms with Crippen LogP contribution in [0.2, 0.25) is 0 Å². The van der Waals surface area contributed by atoms with Crippen molar-refractivity contribution in [1.82, 2.24) is 10.0 Å². The van der Waals surface area contributed by atoms with Crippen molar-refractivity contribution in [2.24, 2.45) is 0 Å².